The van der Waals surface area contributed by atoms with Crippen molar-refractivity contribution >= 4 is 33.4 Å². The van der Waals surface area contributed by atoms with Crippen LogP contribution >= 0.6 is 11.8 Å². The smallest absolute Gasteiger partial charge is 0.243 e. The van der Waals surface area contributed by atoms with Gasteiger partial charge in [0.1, 0.15) is 6.04 Å². The van der Waals surface area contributed by atoms with E-state index in [4.69, 9.17) is 0 Å². The zero-order chi connectivity index (χ0) is 19.9. The second-order valence-electron chi connectivity index (χ2n) is 7.24. The topological polar surface area (TPSA) is 66.5 Å². The molecule has 0 aliphatic heterocycles. The van der Waals surface area contributed by atoms with Crippen molar-refractivity contribution in [2.45, 2.75) is 63.7 Å². The van der Waals surface area contributed by atoms with E-state index in [1.165, 1.54) is 36.4 Å². The first-order valence-corrected chi connectivity index (χ1v) is 12.7. The third-order valence-corrected chi connectivity index (χ3v) is 7.49. The normalized spacial score (nSPS) is 16.7. The predicted octanol–water partition coefficient (Wildman–Crippen LogP) is 3.72. The van der Waals surface area contributed by atoms with Crippen molar-refractivity contribution < 1.29 is 13.2 Å². The first-order chi connectivity index (χ1) is 12.8. The molecule has 0 aromatic heterocycles. The van der Waals surface area contributed by atoms with Crippen molar-refractivity contribution in [3.63, 3.8) is 0 Å². The quantitative estimate of drug-likeness (QED) is 0.628. The molecule has 0 heterocycles. The molecule has 1 aromatic carbocycles. The van der Waals surface area contributed by atoms with Crippen LogP contribution in [-0.4, -0.2) is 44.2 Å². The average molecular weight is 413 g/mol. The Balaban J connectivity index is 1.98. The highest BCUT2D eigenvalue weighted by Crippen LogP contribution is 2.28. The van der Waals surface area contributed by atoms with Gasteiger partial charge in [-0.25, -0.2) is 8.42 Å². The second kappa shape index (κ2) is 10.4. The zero-order valence-electron chi connectivity index (χ0n) is 16.6. The van der Waals surface area contributed by atoms with Crippen LogP contribution in [0.15, 0.2) is 24.3 Å². The molecule has 0 unspecified atom stereocenters. The fourth-order valence-electron chi connectivity index (χ4n) is 3.50. The largest absolute Gasteiger partial charge is 0.353 e. The van der Waals surface area contributed by atoms with Gasteiger partial charge in [-0.2, -0.15) is 11.8 Å². The Morgan fingerprint density at radius 1 is 1.22 bits per heavy atom. The lowest BCUT2D eigenvalue weighted by molar-refractivity contribution is -0.122. The molecular formula is C20H32N2O3S2. The zero-order valence-corrected chi connectivity index (χ0v) is 18.2. The summed E-state index contributed by atoms with van der Waals surface area (Å²) in [5.74, 6) is 0.642. The minimum Gasteiger partial charge on any atom is -0.353 e. The summed E-state index contributed by atoms with van der Waals surface area (Å²) in [6.07, 6.45) is 8.07. The van der Waals surface area contributed by atoms with Gasteiger partial charge >= 0.3 is 0 Å². The number of rotatable bonds is 9. The molecular weight excluding hydrogens is 380 g/mol. The summed E-state index contributed by atoms with van der Waals surface area (Å²) in [5.41, 5.74) is 1.58. The van der Waals surface area contributed by atoms with Gasteiger partial charge in [0.15, 0.2) is 0 Å². The highest BCUT2D eigenvalue weighted by molar-refractivity contribution is 7.99. The van der Waals surface area contributed by atoms with Crippen LogP contribution in [0.1, 0.15) is 51.0 Å². The number of carbonyl (C=O) groups excluding carboxylic acids is 1. The van der Waals surface area contributed by atoms with E-state index in [2.05, 4.69) is 5.32 Å². The third-order valence-electron chi connectivity index (χ3n) is 4.93. The minimum absolute atomic E-state index is 0.229. The predicted molar refractivity (Wildman–Crippen MR) is 115 cm³/mol. The van der Waals surface area contributed by atoms with Gasteiger partial charge in [-0.1, -0.05) is 43.9 Å². The maximum absolute atomic E-state index is 12.7. The summed E-state index contributed by atoms with van der Waals surface area (Å²) in [7, 11) is -3.57. The molecule has 7 heteroatoms. The SMILES string of the molecule is CC[C@H](C(=O)NCCSC1CCCCC1)N(c1ccc(C)cc1)S(C)(=O)=O. The van der Waals surface area contributed by atoms with Gasteiger partial charge < -0.3 is 5.32 Å². The number of nitrogens with one attached hydrogen (secondary N) is 1. The maximum atomic E-state index is 12.7. The molecule has 1 atom stereocenters. The van der Waals surface area contributed by atoms with Gasteiger partial charge in [0.2, 0.25) is 15.9 Å². The number of hydrogen-bond acceptors (Lipinski definition) is 4. The molecule has 1 N–H and O–H groups in total. The van der Waals surface area contributed by atoms with Crippen LogP contribution < -0.4 is 9.62 Å². The molecule has 1 aromatic rings. The van der Waals surface area contributed by atoms with E-state index >= 15 is 0 Å². The van der Waals surface area contributed by atoms with Gasteiger partial charge in [-0.15, -0.1) is 0 Å². The molecule has 0 saturated heterocycles. The summed E-state index contributed by atoms with van der Waals surface area (Å²) < 4.78 is 26.0. The number of benzene rings is 1. The maximum Gasteiger partial charge on any atom is 0.243 e. The Kier molecular flexibility index (Phi) is 8.48. The molecule has 1 aliphatic carbocycles. The summed E-state index contributed by atoms with van der Waals surface area (Å²) in [5, 5.41) is 3.65. The van der Waals surface area contributed by atoms with Crippen LogP contribution in [0.2, 0.25) is 0 Å². The fraction of sp³-hybridized carbons (Fsp3) is 0.650. The first kappa shape index (κ1) is 22.1. The second-order valence-corrected chi connectivity index (χ2v) is 10.5. The average Bonchev–Trinajstić information content (AvgIpc) is 2.64. The first-order valence-electron chi connectivity index (χ1n) is 9.78. The van der Waals surface area contributed by atoms with E-state index in [0.717, 1.165) is 17.6 Å². The number of amides is 1. The number of carbonyl (C=O) groups is 1. The van der Waals surface area contributed by atoms with Gasteiger partial charge in [-0.3, -0.25) is 9.10 Å². The van der Waals surface area contributed by atoms with E-state index in [9.17, 15) is 13.2 Å². The summed E-state index contributed by atoms with van der Waals surface area (Å²) in [4.78, 5) is 12.7. The molecule has 1 fully saturated rings. The minimum atomic E-state index is -3.57. The number of aryl methyl sites for hydroxylation is 1. The Morgan fingerprint density at radius 2 is 1.85 bits per heavy atom. The summed E-state index contributed by atoms with van der Waals surface area (Å²) >= 11 is 1.92. The fourth-order valence-corrected chi connectivity index (χ4v) is 5.93. The highest BCUT2D eigenvalue weighted by Gasteiger charge is 2.31. The van der Waals surface area contributed by atoms with Crippen molar-refractivity contribution in [3.05, 3.63) is 29.8 Å². The van der Waals surface area contributed by atoms with E-state index in [-0.39, 0.29) is 5.91 Å². The van der Waals surface area contributed by atoms with Gasteiger partial charge in [0.25, 0.3) is 0 Å². The van der Waals surface area contributed by atoms with Gasteiger partial charge in [0, 0.05) is 17.5 Å². The van der Waals surface area contributed by atoms with Crippen molar-refractivity contribution in [1.29, 1.82) is 0 Å². The standard InChI is InChI=1S/C20H32N2O3S2/c1-4-19(20(23)21-14-15-26-18-8-6-5-7-9-18)22(27(3,24)25)17-12-10-16(2)11-13-17/h10-13,18-19H,4-9,14-15H2,1-3H3,(H,21,23)/t19-/m1/s1. The van der Waals surface area contributed by atoms with Gasteiger partial charge in [-0.05, 0) is 38.3 Å². The molecule has 27 heavy (non-hydrogen) atoms. The molecule has 2 rings (SSSR count). The van der Waals surface area contributed by atoms with Crippen molar-refractivity contribution in [1.82, 2.24) is 5.32 Å². The summed E-state index contributed by atoms with van der Waals surface area (Å²) in [6.45, 7) is 4.36. The molecule has 0 radical (unpaired) electrons. The Hall–Kier alpha value is -1.21. The number of thioether (sulfide) groups is 1. The number of sulfonamides is 1. The van der Waals surface area contributed by atoms with Crippen molar-refractivity contribution in [2.75, 3.05) is 22.9 Å². The number of anilines is 1. The molecule has 1 amide bonds. The Bertz CT molecular complexity index is 698. The Labute approximate surface area is 168 Å². The molecule has 0 spiro atoms. The van der Waals surface area contributed by atoms with Crippen LogP contribution in [0.4, 0.5) is 5.69 Å². The molecule has 152 valence electrons. The lowest BCUT2D eigenvalue weighted by atomic mass is 10.0. The van der Waals surface area contributed by atoms with Crippen LogP contribution in [0.3, 0.4) is 0 Å². The number of nitrogens with zero attached hydrogens (tertiary/aromatic N) is 1. The van der Waals surface area contributed by atoms with Crippen LogP contribution in [0.5, 0.6) is 0 Å². The van der Waals surface area contributed by atoms with E-state index in [1.54, 1.807) is 12.1 Å². The van der Waals surface area contributed by atoms with Crippen LogP contribution in [-0.2, 0) is 14.8 Å². The number of hydrogen-bond donors (Lipinski definition) is 1. The summed E-state index contributed by atoms with van der Waals surface area (Å²) in [6, 6.07) is 6.50. The molecule has 0 bridgehead atoms. The van der Waals surface area contributed by atoms with Crippen LogP contribution in [0.25, 0.3) is 0 Å². The molecule has 1 saturated carbocycles. The van der Waals surface area contributed by atoms with E-state index < -0.39 is 16.1 Å². The highest BCUT2D eigenvalue weighted by atomic mass is 32.2. The lowest BCUT2D eigenvalue weighted by Crippen LogP contribution is -2.49. The van der Waals surface area contributed by atoms with E-state index in [0.29, 0.717) is 23.9 Å². The lowest BCUT2D eigenvalue weighted by Gasteiger charge is -2.30. The van der Waals surface area contributed by atoms with Crippen molar-refractivity contribution in [2.24, 2.45) is 0 Å². The van der Waals surface area contributed by atoms with Crippen LogP contribution in [0, 0.1) is 6.92 Å². The third kappa shape index (κ3) is 6.71. The molecule has 1 aliphatic rings. The monoisotopic (exact) mass is 412 g/mol. The van der Waals surface area contributed by atoms with Gasteiger partial charge in [0.05, 0.1) is 11.9 Å². The van der Waals surface area contributed by atoms with E-state index in [1.807, 2.05) is 37.7 Å². The molecule has 5 nitrogen and oxygen atoms in total. The van der Waals surface area contributed by atoms with Crippen molar-refractivity contribution in [3.8, 4) is 0 Å². The Morgan fingerprint density at radius 3 is 2.41 bits per heavy atom.